The summed E-state index contributed by atoms with van der Waals surface area (Å²) in [6.45, 7) is 4.98. The monoisotopic (exact) mass is 484 g/mol. The van der Waals surface area contributed by atoms with Gasteiger partial charge in [-0.2, -0.15) is 0 Å². The Kier molecular flexibility index (Phi) is 11.1. The van der Waals surface area contributed by atoms with Gasteiger partial charge in [-0.15, -0.1) is 0 Å². The first-order valence-electron chi connectivity index (χ1n) is 10.6. The van der Waals surface area contributed by atoms with Crippen LogP contribution in [-0.4, -0.2) is 85.2 Å². The summed E-state index contributed by atoms with van der Waals surface area (Å²) < 4.78 is 0. The van der Waals surface area contributed by atoms with E-state index in [1.165, 1.54) is 19.4 Å². The van der Waals surface area contributed by atoms with Crippen LogP contribution in [0, 0.1) is 5.92 Å². The summed E-state index contributed by atoms with van der Waals surface area (Å²) in [6, 6.07) is -5.51. The zero-order valence-electron chi connectivity index (χ0n) is 19.1. The standard InChI is InChI=1S/C20H32N6O8/c1-9(2)4-12(21)17(30)26-16(10(3)27)19(32)24-13(5-11-7-22-8-23-11)18(31)25-14(20(33)34)6-15(28)29/h7-10,12-14,16,27H,4-6,21H2,1-3H3,(H,22,23)(H,24,32)(H,25,31)(H,26,30)(H,28,29)(H,33,34). The summed E-state index contributed by atoms with van der Waals surface area (Å²) in [5.74, 6) is -5.49. The molecule has 1 aromatic heterocycles. The van der Waals surface area contributed by atoms with Crippen molar-refractivity contribution in [2.75, 3.05) is 0 Å². The zero-order valence-corrected chi connectivity index (χ0v) is 19.1. The number of H-pyrrole nitrogens is 1. The van der Waals surface area contributed by atoms with E-state index in [1.807, 2.05) is 13.8 Å². The van der Waals surface area contributed by atoms with Gasteiger partial charge in [0, 0.05) is 18.3 Å². The molecule has 0 fully saturated rings. The van der Waals surface area contributed by atoms with Crippen LogP contribution >= 0.6 is 0 Å². The predicted octanol–water partition coefficient (Wildman–Crippen LogP) is -2.28. The Balaban J connectivity index is 3.03. The number of carboxylic acids is 2. The smallest absolute Gasteiger partial charge is 0.326 e. The van der Waals surface area contributed by atoms with Gasteiger partial charge in [0.05, 0.1) is 24.9 Å². The van der Waals surface area contributed by atoms with Gasteiger partial charge < -0.3 is 42.0 Å². The largest absolute Gasteiger partial charge is 0.481 e. The van der Waals surface area contributed by atoms with Crippen molar-refractivity contribution in [3.8, 4) is 0 Å². The molecule has 14 nitrogen and oxygen atoms in total. The third-order valence-electron chi connectivity index (χ3n) is 4.73. The van der Waals surface area contributed by atoms with Crippen molar-refractivity contribution < 1.29 is 39.3 Å². The van der Waals surface area contributed by atoms with Crippen LogP contribution in [0.5, 0.6) is 0 Å². The molecule has 0 saturated carbocycles. The summed E-state index contributed by atoms with van der Waals surface area (Å²) in [5, 5.41) is 34.9. The fourth-order valence-corrected chi connectivity index (χ4v) is 3.01. The van der Waals surface area contributed by atoms with Crippen molar-refractivity contribution in [3.05, 3.63) is 18.2 Å². The lowest BCUT2D eigenvalue weighted by Crippen LogP contribution is -2.60. The summed E-state index contributed by atoms with van der Waals surface area (Å²) in [5.41, 5.74) is 6.23. The highest BCUT2D eigenvalue weighted by Crippen LogP contribution is 2.06. The molecule has 190 valence electrons. The quantitative estimate of drug-likeness (QED) is 0.141. The number of hydrogen-bond acceptors (Lipinski definition) is 8. The van der Waals surface area contributed by atoms with Gasteiger partial charge in [-0.25, -0.2) is 9.78 Å². The predicted molar refractivity (Wildman–Crippen MR) is 117 cm³/mol. The van der Waals surface area contributed by atoms with Crippen LogP contribution in [0.1, 0.15) is 39.3 Å². The first kappa shape index (κ1) is 28.5. The van der Waals surface area contributed by atoms with E-state index in [0.717, 1.165) is 0 Å². The van der Waals surface area contributed by atoms with Crippen molar-refractivity contribution in [3.63, 3.8) is 0 Å². The van der Waals surface area contributed by atoms with Gasteiger partial charge in [-0.1, -0.05) is 13.8 Å². The van der Waals surface area contributed by atoms with E-state index in [2.05, 4.69) is 25.9 Å². The number of carbonyl (C=O) groups excluding carboxylic acids is 3. The molecule has 9 N–H and O–H groups in total. The second kappa shape index (κ2) is 13.3. The molecular formula is C20H32N6O8. The average Bonchev–Trinajstić information content (AvgIpc) is 3.22. The van der Waals surface area contributed by atoms with E-state index < -0.39 is 66.4 Å². The van der Waals surface area contributed by atoms with Crippen molar-refractivity contribution in [1.82, 2.24) is 25.9 Å². The van der Waals surface area contributed by atoms with E-state index in [9.17, 15) is 34.2 Å². The van der Waals surface area contributed by atoms with Crippen LogP contribution in [0.3, 0.4) is 0 Å². The number of imidazole rings is 1. The summed E-state index contributed by atoms with van der Waals surface area (Å²) >= 11 is 0. The summed E-state index contributed by atoms with van der Waals surface area (Å²) in [7, 11) is 0. The third-order valence-corrected chi connectivity index (χ3v) is 4.73. The number of amides is 3. The Morgan fingerprint density at radius 3 is 2.09 bits per heavy atom. The highest BCUT2D eigenvalue weighted by Gasteiger charge is 2.33. The number of aromatic amines is 1. The minimum atomic E-state index is -1.74. The van der Waals surface area contributed by atoms with Crippen LogP contribution in [0.4, 0.5) is 0 Å². The second-order valence-electron chi connectivity index (χ2n) is 8.30. The molecule has 0 radical (unpaired) electrons. The van der Waals surface area contributed by atoms with Crippen LogP contribution in [0.15, 0.2) is 12.5 Å². The Morgan fingerprint density at radius 2 is 1.62 bits per heavy atom. The third kappa shape index (κ3) is 9.54. The van der Waals surface area contributed by atoms with Crippen molar-refractivity contribution in [2.45, 2.75) is 70.3 Å². The van der Waals surface area contributed by atoms with Crippen LogP contribution in [-0.2, 0) is 30.4 Å². The van der Waals surface area contributed by atoms with Crippen molar-refractivity contribution >= 4 is 29.7 Å². The number of nitrogens with zero attached hydrogens (tertiary/aromatic N) is 1. The Morgan fingerprint density at radius 1 is 1.00 bits per heavy atom. The Labute approximate surface area is 195 Å². The number of aliphatic hydroxyl groups is 1. The van der Waals surface area contributed by atoms with Crippen molar-refractivity contribution in [1.29, 1.82) is 0 Å². The molecule has 0 spiro atoms. The molecule has 0 aliphatic rings. The van der Waals surface area contributed by atoms with Crippen LogP contribution in [0.2, 0.25) is 0 Å². The maximum atomic E-state index is 12.9. The molecule has 5 atom stereocenters. The number of nitrogens with one attached hydrogen (secondary N) is 4. The molecule has 14 heteroatoms. The normalized spacial score (nSPS) is 15.5. The number of aliphatic hydroxyl groups excluding tert-OH is 1. The number of aromatic nitrogens is 2. The number of nitrogens with two attached hydrogens (primary N) is 1. The lowest BCUT2D eigenvalue weighted by molar-refractivity contribution is -0.147. The fourth-order valence-electron chi connectivity index (χ4n) is 3.01. The Hall–Kier alpha value is -3.52. The molecule has 0 bridgehead atoms. The highest BCUT2D eigenvalue weighted by molar-refractivity contribution is 5.95. The molecule has 1 rings (SSSR count). The van der Waals surface area contributed by atoms with Gasteiger partial charge in [0.15, 0.2) is 0 Å². The van der Waals surface area contributed by atoms with Gasteiger partial charge in [-0.05, 0) is 19.3 Å². The van der Waals surface area contributed by atoms with E-state index in [1.54, 1.807) is 0 Å². The molecule has 1 aromatic rings. The van der Waals surface area contributed by atoms with Crippen LogP contribution < -0.4 is 21.7 Å². The topological polar surface area (TPSA) is 237 Å². The highest BCUT2D eigenvalue weighted by atomic mass is 16.4. The van der Waals surface area contributed by atoms with E-state index in [4.69, 9.17) is 10.8 Å². The second-order valence-corrected chi connectivity index (χ2v) is 8.30. The first-order valence-corrected chi connectivity index (χ1v) is 10.6. The van der Waals surface area contributed by atoms with Gasteiger partial charge in [0.25, 0.3) is 0 Å². The van der Waals surface area contributed by atoms with Gasteiger partial charge in [0.1, 0.15) is 18.1 Å². The molecule has 0 aliphatic heterocycles. The number of carboxylic acid groups (broad SMARTS) is 2. The van der Waals surface area contributed by atoms with E-state index in [0.29, 0.717) is 12.1 Å². The van der Waals surface area contributed by atoms with E-state index >= 15 is 0 Å². The molecule has 3 amide bonds. The Bertz CT molecular complexity index is 857. The number of hydrogen-bond donors (Lipinski definition) is 8. The minimum Gasteiger partial charge on any atom is -0.481 e. The molecule has 5 unspecified atom stereocenters. The lowest BCUT2D eigenvalue weighted by atomic mass is 10.0. The number of aliphatic carboxylic acids is 2. The molecule has 34 heavy (non-hydrogen) atoms. The lowest BCUT2D eigenvalue weighted by Gasteiger charge is -2.26. The summed E-state index contributed by atoms with van der Waals surface area (Å²) in [4.78, 5) is 66.7. The maximum Gasteiger partial charge on any atom is 0.326 e. The van der Waals surface area contributed by atoms with Gasteiger partial charge >= 0.3 is 11.9 Å². The molecule has 1 heterocycles. The maximum absolute atomic E-state index is 12.9. The van der Waals surface area contributed by atoms with E-state index in [-0.39, 0.29) is 12.3 Å². The number of rotatable bonds is 14. The minimum absolute atomic E-state index is 0.107. The molecule has 0 saturated heterocycles. The number of carbonyl (C=O) groups is 5. The summed E-state index contributed by atoms with van der Waals surface area (Å²) in [6.07, 6.45) is 0.633. The first-order chi connectivity index (χ1) is 15.8. The van der Waals surface area contributed by atoms with Gasteiger partial charge in [-0.3, -0.25) is 19.2 Å². The zero-order chi connectivity index (χ0) is 26.0. The SMILES string of the molecule is CC(C)CC(N)C(=O)NC(C(=O)NC(Cc1cnc[nH]1)C(=O)NC(CC(=O)O)C(=O)O)C(C)O. The van der Waals surface area contributed by atoms with Crippen LogP contribution in [0.25, 0.3) is 0 Å². The fraction of sp³-hybridized carbons (Fsp3) is 0.600. The molecule has 0 aliphatic carbocycles. The van der Waals surface area contributed by atoms with Crippen molar-refractivity contribution in [2.24, 2.45) is 11.7 Å². The molecule has 0 aromatic carbocycles. The van der Waals surface area contributed by atoms with Gasteiger partial charge in [0.2, 0.25) is 17.7 Å². The average molecular weight is 485 g/mol. The molecular weight excluding hydrogens is 452 g/mol.